The Balaban J connectivity index is 1.41. The predicted octanol–water partition coefficient (Wildman–Crippen LogP) is 0.381. The summed E-state index contributed by atoms with van der Waals surface area (Å²) in [5.41, 5.74) is 1.07. The van der Waals surface area contributed by atoms with Crippen LogP contribution in [0.15, 0.2) is 30.7 Å². The average Bonchev–Trinajstić information content (AvgIpc) is 3.31. The van der Waals surface area contributed by atoms with E-state index in [1.165, 1.54) is 4.68 Å². The van der Waals surface area contributed by atoms with E-state index in [0.717, 1.165) is 24.8 Å². The zero-order valence-electron chi connectivity index (χ0n) is 12.6. The molecule has 23 heavy (non-hydrogen) atoms. The van der Waals surface area contributed by atoms with Crippen molar-refractivity contribution in [2.24, 2.45) is 5.92 Å². The van der Waals surface area contributed by atoms with Crippen LogP contribution >= 0.6 is 0 Å². The van der Waals surface area contributed by atoms with Crippen molar-refractivity contribution in [3.8, 4) is 0 Å². The van der Waals surface area contributed by atoms with Gasteiger partial charge >= 0.3 is 0 Å². The van der Waals surface area contributed by atoms with Crippen LogP contribution in [-0.2, 0) is 22.6 Å². The van der Waals surface area contributed by atoms with Crippen molar-refractivity contribution in [3.05, 3.63) is 36.3 Å². The molecule has 2 N–H and O–H groups in total. The van der Waals surface area contributed by atoms with Crippen LogP contribution in [0.4, 0.5) is 5.82 Å². The van der Waals surface area contributed by atoms with Gasteiger partial charge in [0.05, 0.1) is 6.20 Å². The molecule has 0 bridgehead atoms. The molecule has 120 valence electrons. The molecule has 1 aliphatic rings. The molecule has 2 amide bonds. The van der Waals surface area contributed by atoms with E-state index in [4.69, 9.17) is 0 Å². The van der Waals surface area contributed by atoms with E-state index in [1.807, 2.05) is 12.1 Å². The number of hydrogen-bond acceptors (Lipinski definition) is 5. The molecule has 1 aliphatic carbocycles. The van der Waals surface area contributed by atoms with Crippen LogP contribution < -0.4 is 10.6 Å². The number of amides is 2. The van der Waals surface area contributed by atoms with Crippen molar-refractivity contribution < 1.29 is 9.59 Å². The maximum atomic E-state index is 11.8. The Labute approximate surface area is 133 Å². The molecule has 2 aromatic heterocycles. The van der Waals surface area contributed by atoms with Crippen molar-refractivity contribution in [2.75, 3.05) is 11.9 Å². The first-order valence-electron chi connectivity index (χ1n) is 7.57. The molecule has 0 aliphatic heterocycles. The molecule has 2 heterocycles. The molecule has 8 heteroatoms. The first-order valence-corrected chi connectivity index (χ1v) is 7.57. The van der Waals surface area contributed by atoms with Crippen LogP contribution in [-0.4, -0.2) is 38.3 Å². The number of rotatable bonds is 7. The highest BCUT2D eigenvalue weighted by Gasteiger charge is 2.30. The summed E-state index contributed by atoms with van der Waals surface area (Å²) in [7, 11) is 0. The third-order valence-electron chi connectivity index (χ3n) is 3.50. The van der Waals surface area contributed by atoms with Crippen LogP contribution in [0.3, 0.4) is 0 Å². The second-order valence-electron chi connectivity index (χ2n) is 5.53. The van der Waals surface area contributed by atoms with Gasteiger partial charge in [-0.05, 0) is 30.9 Å². The molecule has 0 saturated heterocycles. The molecule has 1 fully saturated rings. The summed E-state index contributed by atoms with van der Waals surface area (Å²) in [5.74, 6) is 0.304. The van der Waals surface area contributed by atoms with E-state index in [2.05, 4.69) is 25.9 Å². The van der Waals surface area contributed by atoms with Crippen LogP contribution in [0.1, 0.15) is 18.4 Å². The number of anilines is 1. The Morgan fingerprint density at radius 2 is 2.22 bits per heavy atom. The van der Waals surface area contributed by atoms with Gasteiger partial charge in [-0.25, -0.2) is 4.68 Å². The van der Waals surface area contributed by atoms with Crippen LogP contribution in [0.2, 0.25) is 0 Å². The van der Waals surface area contributed by atoms with Crippen molar-refractivity contribution >= 4 is 17.6 Å². The lowest BCUT2D eigenvalue weighted by Gasteiger charge is -2.04. The SMILES string of the molecule is O=C(Cn1cc(NC(=O)C2CC2)nn1)NCCc1cccnc1. The fourth-order valence-corrected chi connectivity index (χ4v) is 2.10. The highest BCUT2D eigenvalue weighted by molar-refractivity contribution is 5.93. The summed E-state index contributed by atoms with van der Waals surface area (Å²) in [6.45, 7) is 0.601. The number of aromatic nitrogens is 4. The van der Waals surface area contributed by atoms with Gasteiger partial charge in [0.2, 0.25) is 11.8 Å². The lowest BCUT2D eigenvalue weighted by molar-refractivity contribution is -0.121. The Hall–Kier alpha value is -2.77. The second kappa shape index (κ2) is 6.99. The third-order valence-corrected chi connectivity index (χ3v) is 3.50. The molecule has 0 unspecified atom stereocenters. The van der Waals surface area contributed by atoms with Gasteiger partial charge < -0.3 is 10.6 Å². The molecule has 1 saturated carbocycles. The number of carbonyl (C=O) groups excluding carboxylic acids is 2. The Morgan fingerprint density at radius 3 is 2.96 bits per heavy atom. The fourth-order valence-electron chi connectivity index (χ4n) is 2.10. The first kappa shape index (κ1) is 15.1. The monoisotopic (exact) mass is 314 g/mol. The van der Waals surface area contributed by atoms with Crippen molar-refractivity contribution in [1.82, 2.24) is 25.3 Å². The number of nitrogens with zero attached hydrogens (tertiary/aromatic N) is 4. The average molecular weight is 314 g/mol. The summed E-state index contributed by atoms with van der Waals surface area (Å²) < 4.78 is 1.40. The third kappa shape index (κ3) is 4.60. The molecule has 0 spiro atoms. The lowest BCUT2D eigenvalue weighted by Crippen LogP contribution is -2.29. The fraction of sp³-hybridized carbons (Fsp3) is 0.400. The number of hydrogen-bond donors (Lipinski definition) is 2. The van der Waals surface area contributed by atoms with E-state index in [9.17, 15) is 9.59 Å². The van der Waals surface area contributed by atoms with E-state index in [0.29, 0.717) is 12.4 Å². The van der Waals surface area contributed by atoms with Gasteiger partial charge in [-0.15, -0.1) is 5.10 Å². The zero-order chi connectivity index (χ0) is 16.1. The largest absolute Gasteiger partial charge is 0.354 e. The van der Waals surface area contributed by atoms with E-state index in [-0.39, 0.29) is 24.3 Å². The van der Waals surface area contributed by atoms with Gasteiger partial charge in [0.25, 0.3) is 0 Å². The molecule has 0 radical (unpaired) electrons. The summed E-state index contributed by atoms with van der Waals surface area (Å²) in [5, 5.41) is 13.2. The molecule has 0 atom stereocenters. The smallest absolute Gasteiger partial charge is 0.241 e. The van der Waals surface area contributed by atoms with E-state index in [1.54, 1.807) is 18.6 Å². The standard InChI is InChI=1S/C15H18N6O2/c22-14(17-7-5-11-2-1-6-16-8-11)10-21-9-13(19-20-21)18-15(23)12-3-4-12/h1-2,6,8-9,12H,3-5,7,10H2,(H,17,22)(H,18,23). The summed E-state index contributed by atoms with van der Waals surface area (Å²) in [6.07, 6.45) is 7.63. The van der Waals surface area contributed by atoms with Gasteiger partial charge in [-0.3, -0.25) is 14.6 Å². The van der Waals surface area contributed by atoms with Gasteiger partial charge in [-0.2, -0.15) is 0 Å². The minimum Gasteiger partial charge on any atom is -0.354 e. The minimum atomic E-state index is -0.154. The van der Waals surface area contributed by atoms with Gasteiger partial charge in [-0.1, -0.05) is 11.3 Å². The number of carbonyl (C=O) groups is 2. The summed E-state index contributed by atoms with van der Waals surface area (Å²) >= 11 is 0. The maximum absolute atomic E-state index is 11.8. The van der Waals surface area contributed by atoms with Crippen LogP contribution in [0.25, 0.3) is 0 Å². The quantitative estimate of drug-likeness (QED) is 0.769. The summed E-state index contributed by atoms with van der Waals surface area (Å²) in [4.78, 5) is 27.5. The lowest BCUT2D eigenvalue weighted by atomic mass is 10.2. The second-order valence-corrected chi connectivity index (χ2v) is 5.53. The first-order chi connectivity index (χ1) is 11.2. The van der Waals surface area contributed by atoms with Crippen LogP contribution in [0, 0.1) is 5.92 Å². The normalized spacial score (nSPS) is 13.6. The van der Waals surface area contributed by atoms with Gasteiger partial charge in [0, 0.05) is 24.9 Å². The molecular weight excluding hydrogens is 296 g/mol. The van der Waals surface area contributed by atoms with Crippen molar-refractivity contribution in [2.45, 2.75) is 25.8 Å². The molecule has 3 rings (SSSR count). The Morgan fingerprint density at radius 1 is 1.35 bits per heavy atom. The number of pyridine rings is 1. The van der Waals surface area contributed by atoms with Crippen molar-refractivity contribution in [1.29, 1.82) is 0 Å². The topological polar surface area (TPSA) is 102 Å². The highest BCUT2D eigenvalue weighted by Crippen LogP contribution is 2.29. The molecule has 2 aromatic rings. The summed E-state index contributed by atoms with van der Waals surface area (Å²) in [6, 6.07) is 3.83. The van der Waals surface area contributed by atoms with Gasteiger partial charge in [0.15, 0.2) is 5.82 Å². The van der Waals surface area contributed by atoms with Crippen molar-refractivity contribution in [3.63, 3.8) is 0 Å². The Bertz CT molecular complexity index is 680. The van der Waals surface area contributed by atoms with Crippen LogP contribution in [0.5, 0.6) is 0 Å². The molecular formula is C15H18N6O2. The number of nitrogens with one attached hydrogen (secondary N) is 2. The Kier molecular flexibility index (Phi) is 4.60. The minimum absolute atomic E-state index is 0.0297. The molecule has 0 aromatic carbocycles. The van der Waals surface area contributed by atoms with E-state index < -0.39 is 0 Å². The van der Waals surface area contributed by atoms with E-state index >= 15 is 0 Å². The maximum Gasteiger partial charge on any atom is 0.241 e. The molecule has 8 nitrogen and oxygen atoms in total. The zero-order valence-corrected chi connectivity index (χ0v) is 12.6. The predicted molar refractivity (Wildman–Crippen MR) is 82.3 cm³/mol. The van der Waals surface area contributed by atoms with Gasteiger partial charge in [0.1, 0.15) is 6.54 Å². The highest BCUT2D eigenvalue weighted by atomic mass is 16.2.